The van der Waals surface area contributed by atoms with E-state index in [0.717, 1.165) is 18.4 Å². The van der Waals surface area contributed by atoms with Crippen molar-refractivity contribution in [1.82, 2.24) is 4.72 Å². The van der Waals surface area contributed by atoms with Crippen LogP contribution in [-0.4, -0.2) is 26.3 Å². The Morgan fingerprint density at radius 1 is 1.33 bits per heavy atom. The van der Waals surface area contributed by atoms with E-state index in [2.05, 4.69) is 0 Å². The van der Waals surface area contributed by atoms with Crippen LogP contribution in [-0.2, 0) is 16.2 Å². The summed E-state index contributed by atoms with van der Waals surface area (Å²) in [7, 11) is -3.57. The molecule has 0 bridgehead atoms. The maximum absolute atomic E-state index is 12.6. The minimum Gasteiger partial charge on any atom is -0.387 e. The van der Waals surface area contributed by atoms with Crippen molar-refractivity contribution in [2.24, 2.45) is 0 Å². The van der Waals surface area contributed by atoms with Gasteiger partial charge in [0.25, 0.3) is 0 Å². The van der Waals surface area contributed by atoms with Crippen LogP contribution in [0.2, 0.25) is 0 Å². The standard InChI is InChI=1S/C10H12F3NO3S/c1-18(16,17)14-6-9(15)7-4-2-3-5-8(7)10(11,12)13/h2-5,9,14-15H,6H2,1H3/t9-/m1/s1. The minimum absolute atomic E-state index is 0.360. The number of sulfonamides is 1. The fourth-order valence-corrected chi connectivity index (χ4v) is 1.85. The molecule has 0 radical (unpaired) electrons. The normalized spacial score (nSPS) is 14.5. The molecule has 0 saturated heterocycles. The third kappa shape index (κ3) is 4.28. The first-order chi connectivity index (χ1) is 8.11. The van der Waals surface area contributed by atoms with Crippen molar-refractivity contribution in [3.05, 3.63) is 35.4 Å². The Kier molecular flexibility index (Phi) is 4.36. The van der Waals surface area contributed by atoms with E-state index in [4.69, 9.17) is 0 Å². The van der Waals surface area contributed by atoms with Crippen LogP contribution >= 0.6 is 0 Å². The lowest BCUT2D eigenvalue weighted by Gasteiger charge is -2.17. The SMILES string of the molecule is CS(=O)(=O)NC[C@@H](O)c1ccccc1C(F)(F)F. The van der Waals surface area contributed by atoms with E-state index in [1.807, 2.05) is 4.72 Å². The summed E-state index contributed by atoms with van der Waals surface area (Å²) in [6.07, 6.45) is -5.30. The molecule has 0 aliphatic heterocycles. The molecule has 0 aliphatic rings. The van der Waals surface area contributed by atoms with E-state index < -0.39 is 34.4 Å². The van der Waals surface area contributed by atoms with Crippen molar-refractivity contribution in [2.45, 2.75) is 12.3 Å². The van der Waals surface area contributed by atoms with Crippen molar-refractivity contribution >= 4 is 10.0 Å². The van der Waals surface area contributed by atoms with Crippen molar-refractivity contribution < 1.29 is 26.7 Å². The fraction of sp³-hybridized carbons (Fsp3) is 0.400. The summed E-state index contributed by atoms with van der Waals surface area (Å²) >= 11 is 0. The molecule has 1 aromatic rings. The molecule has 0 saturated carbocycles. The Labute approximate surface area is 102 Å². The predicted molar refractivity (Wildman–Crippen MR) is 59.3 cm³/mol. The summed E-state index contributed by atoms with van der Waals surface area (Å²) in [5.74, 6) is 0. The van der Waals surface area contributed by atoms with Gasteiger partial charge in [-0.25, -0.2) is 13.1 Å². The lowest BCUT2D eigenvalue weighted by atomic mass is 10.0. The highest BCUT2D eigenvalue weighted by Gasteiger charge is 2.34. The topological polar surface area (TPSA) is 66.4 Å². The van der Waals surface area contributed by atoms with Crippen LogP contribution in [0.25, 0.3) is 0 Å². The Morgan fingerprint density at radius 3 is 2.39 bits per heavy atom. The molecule has 1 atom stereocenters. The largest absolute Gasteiger partial charge is 0.416 e. The average Bonchev–Trinajstić information content (AvgIpc) is 2.24. The lowest BCUT2D eigenvalue weighted by Crippen LogP contribution is -2.28. The van der Waals surface area contributed by atoms with Crippen LogP contribution in [0.15, 0.2) is 24.3 Å². The summed E-state index contributed by atoms with van der Waals surface area (Å²) in [6, 6.07) is 4.48. The van der Waals surface area contributed by atoms with Gasteiger partial charge in [0.05, 0.1) is 17.9 Å². The first-order valence-electron chi connectivity index (χ1n) is 4.90. The van der Waals surface area contributed by atoms with Crippen molar-refractivity contribution in [3.63, 3.8) is 0 Å². The molecule has 1 rings (SSSR count). The van der Waals surface area contributed by atoms with E-state index >= 15 is 0 Å². The number of alkyl halides is 3. The number of rotatable bonds is 4. The molecular formula is C10H12F3NO3S. The van der Waals surface area contributed by atoms with Crippen LogP contribution in [0, 0.1) is 0 Å². The third-order valence-corrected chi connectivity index (χ3v) is 2.86. The summed E-state index contributed by atoms with van der Waals surface area (Å²) in [5.41, 5.74) is -1.34. The van der Waals surface area contributed by atoms with Gasteiger partial charge in [0.1, 0.15) is 0 Å². The second-order valence-electron chi connectivity index (χ2n) is 3.72. The minimum atomic E-state index is -4.59. The van der Waals surface area contributed by atoms with E-state index in [0.29, 0.717) is 0 Å². The molecule has 0 fully saturated rings. The van der Waals surface area contributed by atoms with E-state index in [1.54, 1.807) is 0 Å². The molecule has 0 unspecified atom stereocenters. The zero-order valence-electron chi connectivity index (χ0n) is 9.40. The number of benzene rings is 1. The molecule has 102 valence electrons. The zero-order chi connectivity index (χ0) is 14.0. The van der Waals surface area contributed by atoms with Crippen LogP contribution < -0.4 is 4.72 Å². The van der Waals surface area contributed by atoms with Gasteiger partial charge in [-0.1, -0.05) is 18.2 Å². The molecule has 0 amide bonds. The van der Waals surface area contributed by atoms with E-state index in [-0.39, 0.29) is 5.56 Å². The van der Waals surface area contributed by atoms with Gasteiger partial charge in [-0.15, -0.1) is 0 Å². The number of hydrogen-bond acceptors (Lipinski definition) is 3. The smallest absolute Gasteiger partial charge is 0.387 e. The van der Waals surface area contributed by atoms with Gasteiger partial charge in [-0.05, 0) is 11.6 Å². The highest BCUT2D eigenvalue weighted by molar-refractivity contribution is 7.88. The van der Waals surface area contributed by atoms with Crippen molar-refractivity contribution in [1.29, 1.82) is 0 Å². The fourth-order valence-electron chi connectivity index (χ4n) is 1.39. The average molecular weight is 283 g/mol. The van der Waals surface area contributed by atoms with E-state index in [9.17, 15) is 26.7 Å². The maximum atomic E-state index is 12.6. The van der Waals surface area contributed by atoms with Crippen molar-refractivity contribution in [2.75, 3.05) is 12.8 Å². The molecule has 4 nitrogen and oxygen atoms in total. The van der Waals surface area contributed by atoms with Gasteiger partial charge >= 0.3 is 6.18 Å². The molecule has 0 aliphatic carbocycles. The molecule has 2 N–H and O–H groups in total. The Hall–Kier alpha value is -1.12. The van der Waals surface area contributed by atoms with Crippen LogP contribution in [0.3, 0.4) is 0 Å². The number of hydrogen-bond donors (Lipinski definition) is 2. The monoisotopic (exact) mass is 283 g/mol. The molecule has 0 heterocycles. The first-order valence-corrected chi connectivity index (χ1v) is 6.79. The predicted octanol–water partition coefficient (Wildman–Crippen LogP) is 1.29. The van der Waals surface area contributed by atoms with Gasteiger partial charge in [-0.3, -0.25) is 0 Å². The molecule has 0 spiro atoms. The molecule has 8 heteroatoms. The zero-order valence-corrected chi connectivity index (χ0v) is 10.2. The van der Waals surface area contributed by atoms with Gasteiger partial charge in [0.2, 0.25) is 10.0 Å². The lowest BCUT2D eigenvalue weighted by molar-refractivity contribution is -0.139. The van der Waals surface area contributed by atoms with Crippen molar-refractivity contribution in [3.8, 4) is 0 Å². The highest BCUT2D eigenvalue weighted by atomic mass is 32.2. The molecular weight excluding hydrogens is 271 g/mol. The van der Waals surface area contributed by atoms with Crippen LogP contribution in [0.5, 0.6) is 0 Å². The summed E-state index contributed by atoms with van der Waals surface area (Å²) in [4.78, 5) is 0. The van der Waals surface area contributed by atoms with E-state index in [1.165, 1.54) is 12.1 Å². The highest BCUT2D eigenvalue weighted by Crippen LogP contribution is 2.34. The van der Waals surface area contributed by atoms with Gasteiger partial charge in [0.15, 0.2) is 0 Å². The Bertz CT molecular complexity index is 513. The second kappa shape index (κ2) is 5.25. The van der Waals surface area contributed by atoms with Gasteiger partial charge < -0.3 is 5.11 Å². The number of aliphatic hydroxyl groups excluding tert-OH is 1. The Morgan fingerprint density at radius 2 is 1.89 bits per heavy atom. The van der Waals surface area contributed by atoms with Gasteiger partial charge in [-0.2, -0.15) is 13.2 Å². The number of halogens is 3. The summed E-state index contributed by atoms with van der Waals surface area (Å²) < 4.78 is 61.5. The van der Waals surface area contributed by atoms with Crippen LogP contribution in [0.1, 0.15) is 17.2 Å². The quantitative estimate of drug-likeness (QED) is 0.875. The number of aliphatic hydroxyl groups is 1. The Balaban J connectivity index is 2.96. The molecule has 18 heavy (non-hydrogen) atoms. The molecule has 0 aromatic heterocycles. The van der Waals surface area contributed by atoms with Crippen LogP contribution in [0.4, 0.5) is 13.2 Å². The molecule has 1 aromatic carbocycles. The van der Waals surface area contributed by atoms with Gasteiger partial charge in [0, 0.05) is 6.54 Å². The first kappa shape index (κ1) is 14.9. The summed E-state index contributed by atoms with van der Waals surface area (Å²) in [5, 5.41) is 9.60. The third-order valence-electron chi connectivity index (χ3n) is 2.16. The number of nitrogens with one attached hydrogen (secondary N) is 1. The summed E-state index contributed by atoms with van der Waals surface area (Å²) in [6.45, 7) is -0.508. The maximum Gasteiger partial charge on any atom is 0.416 e. The second-order valence-corrected chi connectivity index (χ2v) is 5.55.